The topological polar surface area (TPSA) is 15.3 Å². The Kier molecular flexibility index (Phi) is 4.37. The summed E-state index contributed by atoms with van der Waals surface area (Å²) in [5.41, 5.74) is 2.79. The Morgan fingerprint density at radius 3 is 2.31 bits per heavy atom. The third kappa shape index (κ3) is 3.62. The fraction of sp³-hybridized carbons (Fsp3) is 0.571. The highest BCUT2D eigenvalue weighted by molar-refractivity contribution is 5.21. The highest BCUT2D eigenvalue weighted by atomic mass is 15.1. The first-order valence-corrected chi connectivity index (χ1v) is 6.33. The normalized spacial score (nSPS) is 19.1. The van der Waals surface area contributed by atoms with E-state index in [1.807, 2.05) is 0 Å². The number of rotatable bonds is 2. The van der Waals surface area contributed by atoms with Gasteiger partial charge in [-0.25, -0.2) is 0 Å². The lowest BCUT2D eigenvalue weighted by atomic mass is 10.1. The van der Waals surface area contributed by atoms with E-state index in [-0.39, 0.29) is 0 Å². The summed E-state index contributed by atoms with van der Waals surface area (Å²) >= 11 is 0. The van der Waals surface area contributed by atoms with E-state index in [0.717, 1.165) is 6.54 Å². The molecule has 0 amide bonds. The summed E-state index contributed by atoms with van der Waals surface area (Å²) in [4.78, 5) is 2.57. The van der Waals surface area contributed by atoms with Gasteiger partial charge in [-0.1, -0.05) is 29.8 Å². The summed E-state index contributed by atoms with van der Waals surface area (Å²) in [6, 6.07) is 8.93. The Bertz CT molecular complexity index is 297. The zero-order valence-electron chi connectivity index (χ0n) is 10.2. The monoisotopic (exact) mass is 218 g/mol. The summed E-state index contributed by atoms with van der Waals surface area (Å²) in [6.07, 6.45) is 2.54. The third-order valence-electron chi connectivity index (χ3n) is 3.18. The third-order valence-corrected chi connectivity index (χ3v) is 3.18. The number of benzene rings is 1. The van der Waals surface area contributed by atoms with Crippen molar-refractivity contribution in [2.75, 3.05) is 26.2 Å². The van der Waals surface area contributed by atoms with E-state index in [1.165, 1.54) is 50.1 Å². The molecule has 0 spiro atoms. The molecule has 1 saturated heterocycles. The zero-order chi connectivity index (χ0) is 11.2. The molecule has 1 N–H and O–H groups in total. The lowest BCUT2D eigenvalue weighted by Gasteiger charge is -2.24. The predicted octanol–water partition coefficient (Wildman–Crippen LogP) is 2.18. The summed E-state index contributed by atoms with van der Waals surface area (Å²) in [5, 5.41) is 3.45. The van der Waals surface area contributed by atoms with Crippen LogP contribution >= 0.6 is 0 Å². The molecule has 0 aromatic heterocycles. The van der Waals surface area contributed by atoms with Crippen molar-refractivity contribution >= 4 is 0 Å². The average Bonchev–Trinajstić information content (AvgIpc) is 2.25. The first-order chi connectivity index (χ1) is 7.84. The Hall–Kier alpha value is -0.860. The minimum absolute atomic E-state index is 1.11. The minimum atomic E-state index is 1.11. The van der Waals surface area contributed by atoms with E-state index in [0.29, 0.717) is 0 Å². The summed E-state index contributed by atoms with van der Waals surface area (Å²) in [5.74, 6) is 0. The molecule has 2 rings (SSSR count). The molecule has 0 atom stereocenters. The van der Waals surface area contributed by atoms with E-state index in [4.69, 9.17) is 0 Å². The molecule has 1 aromatic rings. The van der Waals surface area contributed by atoms with Crippen molar-refractivity contribution in [1.82, 2.24) is 10.2 Å². The van der Waals surface area contributed by atoms with Crippen LogP contribution in [0.25, 0.3) is 0 Å². The van der Waals surface area contributed by atoms with Crippen molar-refractivity contribution in [2.45, 2.75) is 26.3 Å². The van der Waals surface area contributed by atoms with Crippen molar-refractivity contribution in [2.24, 2.45) is 0 Å². The molecule has 1 aromatic carbocycles. The van der Waals surface area contributed by atoms with Gasteiger partial charge in [0.1, 0.15) is 0 Å². The van der Waals surface area contributed by atoms with Crippen molar-refractivity contribution in [3.63, 3.8) is 0 Å². The zero-order valence-corrected chi connectivity index (χ0v) is 10.2. The fourth-order valence-corrected chi connectivity index (χ4v) is 2.20. The molecule has 2 heteroatoms. The first-order valence-electron chi connectivity index (χ1n) is 6.33. The number of hydrogen-bond donors (Lipinski definition) is 1. The van der Waals surface area contributed by atoms with Crippen LogP contribution < -0.4 is 5.32 Å². The van der Waals surface area contributed by atoms with Crippen LogP contribution in [0.4, 0.5) is 0 Å². The number of nitrogens with one attached hydrogen (secondary N) is 1. The highest BCUT2D eigenvalue weighted by Crippen LogP contribution is 2.08. The van der Waals surface area contributed by atoms with Gasteiger partial charge in [0.15, 0.2) is 0 Å². The Morgan fingerprint density at radius 1 is 1.06 bits per heavy atom. The lowest BCUT2D eigenvalue weighted by Crippen LogP contribution is -2.33. The molecular weight excluding hydrogens is 196 g/mol. The molecule has 16 heavy (non-hydrogen) atoms. The Morgan fingerprint density at radius 2 is 1.69 bits per heavy atom. The molecule has 1 aliphatic heterocycles. The number of nitrogens with zero attached hydrogens (tertiary/aromatic N) is 1. The van der Waals surface area contributed by atoms with Crippen LogP contribution in [0.1, 0.15) is 24.0 Å². The van der Waals surface area contributed by atoms with Crippen molar-refractivity contribution in [3.8, 4) is 0 Å². The molecule has 0 saturated carbocycles. The van der Waals surface area contributed by atoms with E-state index < -0.39 is 0 Å². The van der Waals surface area contributed by atoms with Gasteiger partial charge in [0.25, 0.3) is 0 Å². The van der Waals surface area contributed by atoms with Crippen LogP contribution in [0.15, 0.2) is 24.3 Å². The lowest BCUT2D eigenvalue weighted by molar-refractivity contribution is 0.245. The minimum Gasteiger partial charge on any atom is -0.317 e. The number of hydrogen-bond acceptors (Lipinski definition) is 2. The van der Waals surface area contributed by atoms with Gasteiger partial charge >= 0.3 is 0 Å². The second-order valence-corrected chi connectivity index (χ2v) is 4.72. The van der Waals surface area contributed by atoms with Gasteiger partial charge in [-0.15, -0.1) is 0 Å². The van der Waals surface area contributed by atoms with E-state index >= 15 is 0 Å². The summed E-state index contributed by atoms with van der Waals surface area (Å²) in [7, 11) is 0. The molecule has 88 valence electrons. The number of aryl methyl sites for hydroxylation is 1. The summed E-state index contributed by atoms with van der Waals surface area (Å²) in [6.45, 7) is 8.04. The van der Waals surface area contributed by atoms with Crippen LogP contribution in [0, 0.1) is 6.92 Å². The van der Waals surface area contributed by atoms with Crippen molar-refractivity contribution < 1.29 is 0 Å². The van der Waals surface area contributed by atoms with Crippen molar-refractivity contribution in [1.29, 1.82) is 0 Å². The van der Waals surface area contributed by atoms with Gasteiger partial charge < -0.3 is 5.32 Å². The maximum absolute atomic E-state index is 3.45. The fourth-order valence-electron chi connectivity index (χ4n) is 2.20. The quantitative estimate of drug-likeness (QED) is 0.818. The average molecular weight is 218 g/mol. The molecule has 1 aliphatic rings. The van der Waals surface area contributed by atoms with Crippen LogP contribution in [0.2, 0.25) is 0 Å². The molecule has 1 heterocycles. The second-order valence-electron chi connectivity index (χ2n) is 4.72. The van der Waals surface area contributed by atoms with Crippen LogP contribution in [0.5, 0.6) is 0 Å². The smallest absolute Gasteiger partial charge is 0.0233 e. The largest absolute Gasteiger partial charge is 0.317 e. The second kappa shape index (κ2) is 6.02. The SMILES string of the molecule is Cc1ccc(CN2CCCNCCC2)cc1. The van der Waals surface area contributed by atoms with E-state index in [1.54, 1.807) is 0 Å². The van der Waals surface area contributed by atoms with Crippen LogP contribution in [-0.2, 0) is 6.54 Å². The standard InChI is InChI=1S/C14H22N2/c1-13-4-6-14(7-5-13)12-16-10-2-8-15-9-3-11-16/h4-7,15H,2-3,8-12H2,1H3. The van der Waals surface area contributed by atoms with E-state index in [2.05, 4.69) is 41.4 Å². The van der Waals surface area contributed by atoms with Gasteiger partial charge in [-0.05, 0) is 51.5 Å². The Balaban J connectivity index is 1.89. The maximum Gasteiger partial charge on any atom is 0.0233 e. The molecular formula is C14H22N2. The van der Waals surface area contributed by atoms with Gasteiger partial charge in [-0.3, -0.25) is 4.90 Å². The van der Waals surface area contributed by atoms with Crippen molar-refractivity contribution in [3.05, 3.63) is 35.4 Å². The van der Waals surface area contributed by atoms with E-state index in [9.17, 15) is 0 Å². The van der Waals surface area contributed by atoms with Crippen LogP contribution in [-0.4, -0.2) is 31.1 Å². The highest BCUT2D eigenvalue weighted by Gasteiger charge is 2.07. The summed E-state index contributed by atoms with van der Waals surface area (Å²) < 4.78 is 0. The van der Waals surface area contributed by atoms with Gasteiger partial charge in [-0.2, -0.15) is 0 Å². The molecule has 0 bridgehead atoms. The molecule has 0 aliphatic carbocycles. The van der Waals surface area contributed by atoms with Crippen LogP contribution in [0.3, 0.4) is 0 Å². The molecule has 0 radical (unpaired) electrons. The molecule has 1 fully saturated rings. The predicted molar refractivity (Wildman–Crippen MR) is 68.6 cm³/mol. The first kappa shape index (κ1) is 11.6. The van der Waals surface area contributed by atoms with Gasteiger partial charge in [0, 0.05) is 6.54 Å². The molecule has 0 unspecified atom stereocenters. The maximum atomic E-state index is 3.45. The molecule has 2 nitrogen and oxygen atoms in total. The van der Waals surface area contributed by atoms with Gasteiger partial charge in [0.05, 0.1) is 0 Å². The Labute approximate surface area is 98.7 Å². The van der Waals surface area contributed by atoms with Gasteiger partial charge in [0.2, 0.25) is 0 Å².